The first-order chi connectivity index (χ1) is 13.9. The van der Waals surface area contributed by atoms with E-state index in [-0.39, 0.29) is 30.3 Å². The maximum atomic E-state index is 12.8. The summed E-state index contributed by atoms with van der Waals surface area (Å²) in [4.78, 5) is 43.4. The highest BCUT2D eigenvalue weighted by atomic mass is 35.5. The van der Waals surface area contributed by atoms with Crippen molar-refractivity contribution in [3.8, 4) is 22.6 Å². The average molecular weight is 409 g/mol. The van der Waals surface area contributed by atoms with Crippen LogP contribution in [0.2, 0.25) is 5.02 Å². The Bertz CT molecular complexity index is 1260. The van der Waals surface area contributed by atoms with Crippen LogP contribution in [-0.2, 0) is 15.3 Å². The van der Waals surface area contributed by atoms with Crippen molar-refractivity contribution in [1.29, 1.82) is 0 Å². The molecule has 1 atom stereocenters. The Hall–Kier alpha value is -3.52. The molecular formula is C20H13ClN4O4. The molecular weight excluding hydrogens is 396 g/mol. The largest absolute Gasteiger partial charge is 0.478 e. The molecule has 8 nitrogen and oxygen atoms in total. The third kappa shape index (κ3) is 2.29. The van der Waals surface area contributed by atoms with Crippen LogP contribution in [0, 0.1) is 0 Å². The summed E-state index contributed by atoms with van der Waals surface area (Å²) in [5.74, 6) is -1.52. The number of halogens is 1. The Morgan fingerprint density at radius 1 is 1.14 bits per heavy atom. The molecule has 2 aromatic carbocycles. The summed E-state index contributed by atoms with van der Waals surface area (Å²) in [5.41, 5.74) is -1.13. The molecule has 0 radical (unpaired) electrons. The number of benzene rings is 2. The molecule has 1 fully saturated rings. The fourth-order valence-corrected chi connectivity index (χ4v) is 4.19. The topological polar surface area (TPSA) is 105 Å². The van der Waals surface area contributed by atoms with E-state index in [2.05, 4.69) is 10.1 Å². The summed E-state index contributed by atoms with van der Waals surface area (Å²) in [5, 5.41) is 15.0. The van der Waals surface area contributed by atoms with Gasteiger partial charge in [-0.25, -0.2) is 9.48 Å². The quantitative estimate of drug-likeness (QED) is 0.698. The van der Waals surface area contributed by atoms with Crippen LogP contribution in [0.4, 0.5) is 5.69 Å². The molecule has 144 valence electrons. The molecule has 29 heavy (non-hydrogen) atoms. The number of aromatic nitrogens is 3. The van der Waals surface area contributed by atoms with E-state index < -0.39 is 17.2 Å². The van der Waals surface area contributed by atoms with Crippen LogP contribution in [0.25, 0.3) is 22.6 Å². The van der Waals surface area contributed by atoms with Crippen molar-refractivity contribution in [2.24, 2.45) is 0 Å². The normalized spacial score (nSPS) is 19.5. The molecule has 0 spiro atoms. The van der Waals surface area contributed by atoms with Gasteiger partial charge in [-0.15, -0.1) is 0 Å². The smallest absolute Gasteiger partial charge is 0.353 e. The summed E-state index contributed by atoms with van der Waals surface area (Å²) in [6.45, 7) is 0. The van der Waals surface area contributed by atoms with Crippen LogP contribution in [0.15, 0.2) is 53.3 Å². The van der Waals surface area contributed by atoms with Crippen LogP contribution in [0.3, 0.4) is 0 Å². The number of rotatable bonds is 2. The molecule has 1 unspecified atom stereocenters. The molecule has 1 N–H and O–H groups in total. The molecule has 1 aromatic heterocycles. The number of fused-ring (bicyclic) bond motifs is 6. The summed E-state index contributed by atoms with van der Waals surface area (Å²) in [7, 11) is 0. The Kier molecular flexibility index (Phi) is 3.63. The van der Waals surface area contributed by atoms with E-state index in [4.69, 9.17) is 11.6 Å². The fourth-order valence-electron chi connectivity index (χ4n) is 4.02. The molecule has 0 saturated carbocycles. The lowest BCUT2D eigenvalue weighted by molar-refractivity contribution is -0.148. The van der Waals surface area contributed by atoms with Gasteiger partial charge in [-0.05, 0) is 18.2 Å². The highest BCUT2D eigenvalue weighted by Gasteiger charge is 2.58. The Morgan fingerprint density at radius 2 is 1.90 bits per heavy atom. The zero-order valence-electron chi connectivity index (χ0n) is 14.9. The third-order valence-corrected chi connectivity index (χ3v) is 5.53. The van der Waals surface area contributed by atoms with Crippen molar-refractivity contribution in [3.63, 3.8) is 0 Å². The lowest BCUT2D eigenvalue weighted by atomic mass is 10.00. The highest BCUT2D eigenvalue weighted by Crippen LogP contribution is 2.48. The van der Waals surface area contributed by atoms with Crippen LogP contribution in [0.1, 0.15) is 12.8 Å². The SMILES string of the molecule is O=C1CCC2(C(=O)O)N1c1ccc(Cl)cc1-c1nc(=O)c(-c3ccccc3)nn12. The number of aliphatic carboxylic acids is 1. The number of amides is 1. The van der Waals surface area contributed by atoms with Gasteiger partial charge in [0.05, 0.1) is 5.69 Å². The number of carboxylic acids is 1. The second-order valence-corrected chi connectivity index (χ2v) is 7.32. The van der Waals surface area contributed by atoms with Crippen LogP contribution >= 0.6 is 11.6 Å². The minimum Gasteiger partial charge on any atom is -0.478 e. The van der Waals surface area contributed by atoms with Gasteiger partial charge >= 0.3 is 5.97 Å². The molecule has 1 amide bonds. The monoisotopic (exact) mass is 408 g/mol. The molecule has 9 heteroatoms. The molecule has 5 rings (SSSR count). The van der Waals surface area contributed by atoms with Gasteiger partial charge in [0, 0.05) is 29.0 Å². The van der Waals surface area contributed by atoms with Crippen molar-refractivity contribution in [2.45, 2.75) is 18.5 Å². The van der Waals surface area contributed by atoms with Crippen molar-refractivity contribution in [2.75, 3.05) is 4.90 Å². The standard InChI is InChI=1S/C20H13ClN4O4/c21-12-6-7-14-13(10-12)17-22-18(27)16(11-4-2-1-3-5-11)23-25(17)20(19(28)29)9-8-15(26)24(14)20/h1-7,10H,8-9H2,(H,28,29). The van der Waals surface area contributed by atoms with E-state index in [0.717, 1.165) is 0 Å². The van der Waals surface area contributed by atoms with Crippen molar-refractivity contribution in [3.05, 3.63) is 63.9 Å². The number of carbonyl (C=O) groups excluding carboxylic acids is 1. The van der Waals surface area contributed by atoms with Gasteiger partial charge in [-0.2, -0.15) is 10.1 Å². The average Bonchev–Trinajstić information content (AvgIpc) is 3.07. The van der Waals surface area contributed by atoms with Crippen molar-refractivity contribution >= 4 is 29.2 Å². The van der Waals surface area contributed by atoms with Gasteiger partial charge < -0.3 is 5.11 Å². The van der Waals surface area contributed by atoms with Crippen molar-refractivity contribution < 1.29 is 14.7 Å². The van der Waals surface area contributed by atoms with E-state index in [1.165, 1.54) is 9.58 Å². The first-order valence-electron chi connectivity index (χ1n) is 8.87. The molecule has 0 aliphatic carbocycles. The fraction of sp³-hybridized carbons (Fsp3) is 0.150. The summed E-state index contributed by atoms with van der Waals surface area (Å²) in [6, 6.07) is 13.4. The van der Waals surface area contributed by atoms with E-state index in [1.807, 2.05) is 0 Å². The van der Waals surface area contributed by atoms with Crippen LogP contribution in [-0.4, -0.2) is 31.7 Å². The minimum atomic E-state index is -1.79. The Balaban J connectivity index is 1.90. The minimum absolute atomic E-state index is 0.00200. The molecule has 3 aromatic rings. The number of nitrogens with zero attached hydrogens (tertiary/aromatic N) is 4. The second kappa shape index (κ2) is 5.99. The Morgan fingerprint density at radius 3 is 2.62 bits per heavy atom. The van der Waals surface area contributed by atoms with E-state index in [0.29, 0.717) is 21.8 Å². The summed E-state index contributed by atoms with van der Waals surface area (Å²) in [6.07, 6.45) is 0.0320. The van der Waals surface area contributed by atoms with Crippen molar-refractivity contribution in [1.82, 2.24) is 14.8 Å². The first kappa shape index (κ1) is 17.6. The lowest BCUT2D eigenvalue weighted by Crippen LogP contribution is -2.58. The van der Waals surface area contributed by atoms with Gasteiger partial charge in [-0.3, -0.25) is 14.5 Å². The number of carbonyl (C=O) groups is 2. The van der Waals surface area contributed by atoms with E-state index >= 15 is 0 Å². The van der Waals surface area contributed by atoms with Gasteiger partial charge in [0.15, 0.2) is 11.5 Å². The van der Waals surface area contributed by atoms with Crippen LogP contribution < -0.4 is 10.5 Å². The predicted octanol–water partition coefficient (Wildman–Crippen LogP) is 2.50. The van der Waals surface area contributed by atoms with Gasteiger partial charge in [0.2, 0.25) is 11.6 Å². The van der Waals surface area contributed by atoms with Crippen LogP contribution in [0.5, 0.6) is 0 Å². The zero-order chi connectivity index (χ0) is 20.3. The Labute approximate surface area is 169 Å². The second-order valence-electron chi connectivity index (χ2n) is 6.88. The first-order valence-corrected chi connectivity index (χ1v) is 9.25. The highest BCUT2D eigenvalue weighted by molar-refractivity contribution is 6.31. The van der Waals surface area contributed by atoms with Gasteiger partial charge in [-0.1, -0.05) is 41.9 Å². The number of anilines is 1. The number of hydrogen-bond acceptors (Lipinski definition) is 5. The number of carboxylic acid groups (broad SMARTS) is 1. The number of hydrogen-bond donors (Lipinski definition) is 1. The predicted molar refractivity (Wildman–Crippen MR) is 105 cm³/mol. The molecule has 0 bridgehead atoms. The van der Waals surface area contributed by atoms with Gasteiger partial charge in [0.1, 0.15) is 0 Å². The molecule has 2 aliphatic heterocycles. The lowest BCUT2D eigenvalue weighted by Gasteiger charge is -2.41. The summed E-state index contributed by atoms with van der Waals surface area (Å²) < 4.78 is 1.18. The van der Waals surface area contributed by atoms with E-state index in [9.17, 15) is 19.5 Å². The maximum Gasteiger partial charge on any atom is 0.353 e. The molecule has 1 saturated heterocycles. The van der Waals surface area contributed by atoms with E-state index in [1.54, 1.807) is 48.5 Å². The van der Waals surface area contributed by atoms with Gasteiger partial charge in [0.25, 0.3) is 5.56 Å². The maximum absolute atomic E-state index is 12.8. The zero-order valence-corrected chi connectivity index (χ0v) is 15.6. The molecule has 3 heterocycles. The summed E-state index contributed by atoms with van der Waals surface area (Å²) >= 11 is 6.13. The third-order valence-electron chi connectivity index (χ3n) is 5.30. The molecule has 2 aliphatic rings.